The first-order valence-electron chi connectivity index (χ1n) is 6.01. The molecule has 1 aromatic carbocycles. The Labute approximate surface area is 106 Å². The van der Waals surface area contributed by atoms with Gasteiger partial charge in [-0.15, -0.1) is 0 Å². The third-order valence-electron chi connectivity index (χ3n) is 2.87. The summed E-state index contributed by atoms with van der Waals surface area (Å²) >= 11 is 0. The quantitative estimate of drug-likeness (QED) is 0.881. The van der Waals surface area contributed by atoms with Crippen LogP contribution in [0, 0.1) is 5.92 Å². The van der Waals surface area contributed by atoms with Crippen molar-refractivity contribution in [3.8, 4) is 0 Å². The van der Waals surface area contributed by atoms with Crippen LogP contribution in [0.4, 0.5) is 18.9 Å². The van der Waals surface area contributed by atoms with Crippen molar-refractivity contribution in [3.63, 3.8) is 0 Å². The summed E-state index contributed by atoms with van der Waals surface area (Å²) in [5, 5.41) is 0. The van der Waals surface area contributed by atoms with Gasteiger partial charge in [-0.2, -0.15) is 13.2 Å². The van der Waals surface area contributed by atoms with Crippen LogP contribution in [-0.2, 0) is 6.18 Å². The molecule has 0 bridgehead atoms. The minimum atomic E-state index is -4.32. The highest BCUT2D eigenvalue weighted by molar-refractivity contribution is 5.55. The highest BCUT2D eigenvalue weighted by atomic mass is 19.4. The minimum Gasteiger partial charge on any atom is -0.371 e. The molecule has 2 nitrogen and oxygen atoms in total. The number of anilines is 1. The number of rotatable bonds is 5. The molecule has 2 N–H and O–H groups in total. The minimum absolute atomic E-state index is 0.159. The number of halogens is 3. The SMILES string of the molecule is CCN(CC(C)CN)c1ccccc1C(F)(F)F. The fourth-order valence-corrected chi connectivity index (χ4v) is 1.84. The number of para-hydroxylation sites is 1. The summed E-state index contributed by atoms with van der Waals surface area (Å²) in [6.07, 6.45) is -4.32. The molecule has 5 heteroatoms. The molecule has 0 heterocycles. The Kier molecular flexibility index (Phi) is 5.02. The van der Waals surface area contributed by atoms with Gasteiger partial charge >= 0.3 is 6.18 Å². The van der Waals surface area contributed by atoms with Crippen LogP contribution >= 0.6 is 0 Å². The molecule has 1 rings (SSSR count). The van der Waals surface area contributed by atoms with Gasteiger partial charge in [0.2, 0.25) is 0 Å². The van der Waals surface area contributed by atoms with E-state index in [0.717, 1.165) is 6.07 Å². The lowest BCUT2D eigenvalue weighted by Gasteiger charge is -2.28. The monoisotopic (exact) mass is 260 g/mol. The molecule has 0 saturated carbocycles. The number of hydrogen-bond acceptors (Lipinski definition) is 2. The Morgan fingerprint density at radius 1 is 1.28 bits per heavy atom. The number of hydrogen-bond donors (Lipinski definition) is 1. The molecule has 18 heavy (non-hydrogen) atoms. The lowest BCUT2D eigenvalue weighted by atomic mass is 10.1. The van der Waals surface area contributed by atoms with Gasteiger partial charge in [0.1, 0.15) is 0 Å². The molecule has 0 saturated heterocycles. The Balaban J connectivity index is 3.06. The summed E-state index contributed by atoms with van der Waals surface area (Å²) < 4.78 is 38.7. The van der Waals surface area contributed by atoms with Crippen molar-refractivity contribution in [2.75, 3.05) is 24.5 Å². The lowest BCUT2D eigenvalue weighted by molar-refractivity contribution is -0.137. The van der Waals surface area contributed by atoms with E-state index in [2.05, 4.69) is 0 Å². The summed E-state index contributed by atoms with van der Waals surface area (Å²) in [5.74, 6) is 0.159. The Hall–Kier alpha value is -1.23. The van der Waals surface area contributed by atoms with Gasteiger partial charge in [0.15, 0.2) is 0 Å². The summed E-state index contributed by atoms with van der Waals surface area (Å²) in [6, 6.07) is 5.66. The van der Waals surface area contributed by atoms with Crippen molar-refractivity contribution in [1.82, 2.24) is 0 Å². The van der Waals surface area contributed by atoms with E-state index < -0.39 is 11.7 Å². The maximum atomic E-state index is 12.9. The molecule has 0 amide bonds. The van der Waals surface area contributed by atoms with E-state index in [0.29, 0.717) is 19.6 Å². The first-order valence-corrected chi connectivity index (χ1v) is 6.01. The molecule has 0 spiro atoms. The topological polar surface area (TPSA) is 29.3 Å². The van der Waals surface area contributed by atoms with E-state index in [1.165, 1.54) is 12.1 Å². The average Bonchev–Trinajstić information content (AvgIpc) is 2.34. The van der Waals surface area contributed by atoms with Crippen molar-refractivity contribution in [3.05, 3.63) is 29.8 Å². The second kappa shape index (κ2) is 6.09. The highest BCUT2D eigenvalue weighted by Gasteiger charge is 2.34. The van der Waals surface area contributed by atoms with Gasteiger partial charge in [-0.25, -0.2) is 0 Å². The number of alkyl halides is 3. The molecule has 1 aromatic rings. The summed E-state index contributed by atoms with van der Waals surface area (Å²) in [5.41, 5.74) is 5.17. The maximum absolute atomic E-state index is 12.9. The third kappa shape index (κ3) is 3.63. The van der Waals surface area contributed by atoms with Crippen LogP contribution in [0.25, 0.3) is 0 Å². The van der Waals surface area contributed by atoms with Gasteiger partial charge in [-0.05, 0) is 31.5 Å². The molecule has 1 unspecified atom stereocenters. The molecule has 0 radical (unpaired) electrons. The maximum Gasteiger partial charge on any atom is 0.418 e. The second-order valence-corrected chi connectivity index (χ2v) is 4.39. The largest absolute Gasteiger partial charge is 0.418 e. The molecule has 0 aliphatic rings. The molecule has 0 fully saturated rings. The first-order chi connectivity index (χ1) is 8.40. The van der Waals surface area contributed by atoms with Crippen molar-refractivity contribution in [2.45, 2.75) is 20.0 Å². The van der Waals surface area contributed by atoms with Crippen LogP contribution < -0.4 is 10.6 Å². The number of benzene rings is 1. The summed E-state index contributed by atoms with van der Waals surface area (Å²) in [7, 11) is 0. The molecule has 102 valence electrons. The van der Waals surface area contributed by atoms with Gasteiger partial charge in [-0.3, -0.25) is 0 Å². The van der Waals surface area contributed by atoms with Gasteiger partial charge in [0, 0.05) is 18.8 Å². The normalized spacial score (nSPS) is 13.4. The van der Waals surface area contributed by atoms with Gasteiger partial charge in [0.25, 0.3) is 0 Å². The van der Waals surface area contributed by atoms with E-state index >= 15 is 0 Å². The Morgan fingerprint density at radius 2 is 1.89 bits per heavy atom. The van der Waals surface area contributed by atoms with Crippen LogP contribution in [0.1, 0.15) is 19.4 Å². The molecule has 1 atom stereocenters. The molecule has 0 aliphatic heterocycles. The number of nitrogens with two attached hydrogens (primary N) is 1. The predicted octanol–water partition coefficient (Wildman–Crippen LogP) is 3.13. The fourth-order valence-electron chi connectivity index (χ4n) is 1.84. The van der Waals surface area contributed by atoms with Crippen LogP contribution in [0.5, 0.6) is 0 Å². The first kappa shape index (κ1) is 14.8. The van der Waals surface area contributed by atoms with Gasteiger partial charge < -0.3 is 10.6 Å². The molecule has 0 aromatic heterocycles. The zero-order chi connectivity index (χ0) is 13.8. The van der Waals surface area contributed by atoms with Crippen molar-refractivity contribution in [1.29, 1.82) is 0 Å². The van der Waals surface area contributed by atoms with E-state index in [4.69, 9.17) is 5.73 Å². The standard InChI is InChI=1S/C13H19F3N2/c1-3-18(9-10(2)8-17)12-7-5-4-6-11(12)13(14,15)16/h4-7,10H,3,8-9,17H2,1-2H3. The van der Waals surface area contributed by atoms with Crippen LogP contribution in [-0.4, -0.2) is 19.6 Å². The number of nitrogens with zero attached hydrogens (tertiary/aromatic N) is 1. The zero-order valence-corrected chi connectivity index (χ0v) is 10.7. The van der Waals surface area contributed by atoms with Crippen LogP contribution in [0.3, 0.4) is 0 Å². The zero-order valence-electron chi connectivity index (χ0n) is 10.7. The summed E-state index contributed by atoms with van der Waals surface area (Å²) in [4.78, 5) is 1.72. The van der Waals surface area contributed by atoms with E-state index in [1.54, 1.807) is 11.0 Å². The third-order valence-corrected chi connectivity index (χ3v) is 2.87. The Bertz CT molecular complexity index is 377. The van der Waals surface area contributed by atoms with Crippen molar-refractivity contribution < 1.29 is 13.2 Å². The smallest absolute Gasteiger partial charge is 0.371 e. The van der Waals surface area contributed by atoms with Gasteiger partial charge in [-0.1, -0.05) is 19.1 Å². The molecular formula is C13H19F3N2. The lowest BCUT2D eigenvalue weighted by Crippen LogP contribution is -2.32. The van der Waals surface area contributed by atoms with Crippen molar-refractivity contribution in [2.24, 2.45) is 11.7 Å². The Morgan fingerprint density at radius 3 is 2.39 bits per heavy atom. The molecule has 0 aliphatic carbocycles. The van der Waals surface area contributed by atoms with E-state index in [9.17, 15) is 13.2 Å². The highest BCUT2D eigenvalue weighted by Crippen LogP contribution is 2.36. The predicted molar refractivity (Wildman–Crippen MR) is 67.5 cm³/mol. The van der Waals surface area contributed by atoms with Crippen molar-refractivity contribution >= 4 is 5.69 Å². The van der Waals surface area contributed by atoms with E-state index in [-0.39, 0.29) is 11.6 Å². The second-order valence-electron chi connectivity index (χ2n) is 4.39. The average molecular weight is 260 g/mol. The summed E-state index contributed by atoms with van der Waals surface area (Å²) in [6.45, 7) is 5.29. The fraction of sp³-hybridized carbons (Fsp3) is 0.538. The van der Waals surface area contributed by atoms with Crippen LogP contribution in [0.15, 0.2) is 24.3 Å². The molecular weight excluding hydrogens is 241 g/mol. The van der Waals surface area contributed by atoms with E-state index in [1.807, 2.05) is 13.8 Å². The van der Waals surface area contributed by atoms with Crippen LogP contribution in [0.2, 0.25) is 0 Å². The van der Waals surface area contributed by atoms with Gasteiger partial charge in [0.05, 0.1) is 5.56 Å².